The minimum atomic E-state index is 0.319. The van der Waals surface area contributed by atoms with E-state index in [4.69, 9.17) is 0 Å². The summed E-state index contributed by atoms with van der Waals surface area (Å²) in [5, 5.41) is 12.8. The van der Waals surface area contributed by atoms with Crippen LogP contribution in [0, 0.1) is 0 Å². The smallest absolute Gasteiger partial charge is 0.0543 e. The Balaban J connectivity index is 1.13. The van der Waals surface area contributed by atoms with Crippen molar-refractivity contribution >= 4 is 88.0 Å². The van der Waals surface area contributed by atoms with Gasteiger partial charge in [-0.1, -0.05) is 161 Å². The van der Waals surface area contributed by atoms with Crippen molar-refractivity contribution in [2.45, 2.75) is 39.5 Å². The van der Waals surface area contributed by atoms with Crippen LogP contribution in [0.1, 0.15) is 50.7 Å². The van der Waals surface area contributed by atoms with Crippen molar-refractivity contribution in [3.63, 3.8) is 0 Å². The van der Waals surface area contributed by atoms with Gasteiger partial charge >= 0.3 is 0 Å². The summed E-state index contributed by atoms with van der Waals surface area (Å²) in [7, 11) is 0. The molecule has 0 aromatic heterocycles. The van der Waals surface area contributed by atoms with E-state index in [0.29, 0.717) is 11.8 Å². The third kappa shape index (κ3) is 6.34. The van der Waals surface area contributed by atoms with E-state index in [1.54, 1.807) is 0 Å². The molecule has 11 aromatic carbocycles. The molecule has 62 heavy (non-hydrogen) atoms. The zero-order valence-corrected chi connectivity index (χ0v) is 35.7. The van der Waals surface area contributed by atoms with Crippen LogP contribution in [-0.4, -0.2) is 0 Å². The third-order valence-electron chi connectivity index (χ3n) is 12.9. The van der Waals surface area contributed by atoms with E-state index in [9.17, 15) is 0 Å². The summed E-state index contributed by atoms with van der Waals surface area (Å²) < 4.78 is 0. The first kappa shape index (κ1) is 37.6. The minimum Gasteiger partial charge on any atom is -0.310 e. The lowest BCUT2D eigenvalue weighted by Gasteiger charge is -2.30. The molecule has 2 nitrogen and oxygen atoms in total. The van der Waals surface area contributed by atoms with Crippen LogP contribution < -0.4 is 9.80 Å². The van der Waals surface area contributed by atoms with E-state index < -0.39 is 0 Å². The first-order valence-electron chi connectivity index (χ1n) is 22.0. The van der Waals surface area contributed by atoms with Crippen molar-refractivity contribution in [1.82, 2.24) is 0 Å². The van der Waals surface area contributed by atoms with E-state index in [1.807, 2.05) is 0 Å². The highest BCUT2D eigenvalue weighted by molar-refractivity contribution is 6.29. The van der Waals surface area contributed by atoms with Gasteiger partial charge in [-0.25, -0.2) is 0 Å². The Labute approximate surface area is 364 Å². The molecule has 0 saturated carbocycles. The first-order valence-corrected chi connectivity index (χ1v) is 22.0. The van der Waals surface area contributed by atoms with Gasteiger partial charge in [-0.15, -0.1) is 0 Å². The summed E-state index contributed by atoms with van der Waals surface area (Å²) in [6.07, 6.45) is 0. The van der Waals surface area contributed by atoms with E-state index in [2.05, 4.69) is 244 Å². The lowest BCUT2D eigenvalue weighted by Crippen LogP contribution is -2.11. The Morgan fingerprint density at radius 3 is 1.29 bits per heavy atom. The molecule has 0 amide bonds. The molecule has 0 saturated heterocycles. The van der Waals surface area contributed by atoms with Gasteiger partial charge in [-0.05, 0) is 155 Å². The number of rotatable bonds is 9. The highest BCUT2D eigenvalue weighted by Crippen LogP contribution is 2.50. The molecule has 0 spiro atoms. The molecule has 0 unspecified atom stereocenters. The highest BCUT2D eigenvalue weighted by atomic mass is 15.1. The van der Waals surface area contributed by atoms with Crippen molar-refractivity contribution in [1.29, 1.82) is 0 Å². The summed E-state index contributed by atoms with van der Waals surface area (Å²) in [5.41, 5.74) is 12.1. The first-order chi connectivity index (χ1) is 30.4. The zero-order valence-electron chi connectivity index (χ0n) is 35.7. The predicted octanol–water partition coefficient (Wildman–Crippen LogP) is 17.7. The van der Waals surface area contributed by atoms with Crippen LogP contribution in [0.5, 0.6) is 0 Å². The normalized spacial score (nSPS) is 11.8. The fourth-order valence-electron chi connectivity index (χ4n) is 9.86. The molecule has 0 radical (unpaired) electrons. The molecule has 0 aliphatic heterocycles. The van der Waals surface area contributed by atoms with Gasteiger partial charge in [0.15, 0.2) is 0 Å². The van der Waals surface area contributed by atoms with E-state index in [-0.39, 0.29) is 0 Å². The van der Waals surface area contributed by atoms with Gasteiger partial charge in [0.1, 0.15) is 0 Å². The summed E-state index contributed by atoms with van der Waals surface area (Å²) >= 11 is 0. The average molecular weight is 797 g/mol. The molecule has 298 valence electrons. The average Bonchev–Trinajstić information content (AvgIpc) is 3.31. The Hall–Kier alpha value is -7.42. The van der Waals surface area contributed by atoms with E-state index in [0.717, 1.165) is 28.4 Å². The largest absolute Gasteiger partial charge is 0.310 e. The van der Waals surface area contributed by atoms with Crippen LogP contribution >= 0.6 is 0 Å². The maximum atomic E-state index is 2.47. The second kappa shape index (κ2) is 15.2. The van der Waals surface area contributed by atoms with Crippen molar-refractivity contribution in [2.24, 2.45) is 0 Å². The van der Waals surface area contributed by atoms with Gasteiger partial charge in [-0.3, -0.25) is 0 Å². The molecule has 0 atom stereocenters. The van der Waals surface area contributed by atoms with Gasteiger partial charge in [-0.2, -0.15) is 0 Å². The highest BCUT2D eigenvalue weighted by Gasteiger charge is 2.24. The Bertz CT molecular complexity index is 3400. The number of fused-ring (bicyclic) bond motifs is 2. The van der Waals surface area contributed by atoms with Crippen LogP contribution in [0.4, 0.5) is 34.1 Å². The SMILES string of the molecule is CC(C)c1cc(-c2ccc(N(c3ccccc3)c3ccc4ccccc4c3)cc2)c2ccc3c(C(C)C)cc(N(c4ccccc4)c4ccc5ccccc5c4)c4ccc1c2c34. The molecular formula is C60H48N2. The number of hydrogen-bond acceptors (Lipinski definition) is 2. The Kier molecular flexibility index (Phi) is 9.24. The van der Waals surface area contributed by atoms with Gasteiger partial charge in [0, 0.05) is 33.8 Å². The number of benzene rings is 11. The van der Waals surface area contributed by atoms with Gasteiger partial charge < -0.3 is 9.80 Å². The minimum absolute atomic E-state index is 0.319. The molecule has 11 rings (SSSR count). The number of nitrogens with zero attached hydrogens (tertiary/aromatic N) is 2. The lowest BCUT2D eigenvalue weighted by atomic mass is 9.82. The van der Waals surface area contributed by atoms with Crippen molar-refractivity contribution in [2.75, 3.05) is 9.80 Å². The molecule has 0 bridgehead atoms. The number of hydrogen-bond donors (Lipinski definition) is 0. The fourth-order valence-corrected chi connectivity index (χ4v) is 9.86. The van der Waals surface area contributed by atoms with Crippen molar-refractivity contribution in [3.8, 4) is 11.1 Å². The van der Waals surface area contributed by atoms with Gasteiger partial charge in [0.25, 0.3) is 0 Å². The van der Waals surface area contributed by atoms with Gasteiger partial charge in [0.2, 0.25) is 0 Å². The molecule has 0 aliphatic carbocycles. The second-order valence-corrected chi connectivity index (χ2v) is 17.3. The number of anilines is 6. The van der Waals surface area contributed by atoms with E-state index >= 15 is 0 Å². The summed E-state index contributed by atoms with van der Waals surface area (Å²) in [5.74, 6) is 0.654. The van der Waals surface area contributed by atoms with Gasteiger partial charge in [0.05, 0.1) is 5.69 Å². The summed E-state index contributed by atoms with van der Waals surface area (Å²) in [6.45, 7) is 9.34. The third-order valence-corrected chi connectivity index (χ3v) is 12.9. The second-order valence-electron chi connectivity index (χ2n) is 17.3. The number of para-hydroxylation sites is 2. The predicted molar refractivity (Wildman–Crippen MR) is 268 cm³/mol. The monoisotopic (exact) mass is 796 g/mol. The maximum Gasteiger partial charge on any atom is 0.0543 e. The Morgan fingerprint density at radius 2 is 0.726 bits per heavy atom. The van der Waals surface area contributed by atoms with E-state index in [1.165, 1.54) is 81.8 Å². The molecule has 0 aliphatic rings. The van der Waals surface area contributed by atoms with Crippen LogP contribution in [-0.2, 0) is 0 Å². The molecule has 0 heterocycles. The van der Waals surface area contributed by atoms with Crippen LogP contribution in [0.2, 0.25) is 0 Å². The summed E-state index contributed by atoms with van der Waals surface area (Å²) in [4.78, 5) is 4.84. The van der Waals surface area contributed by atoms with Crippen LogP contribution in [0.25, 0.3) is 65.0 Å². The lowest BCUT2D eigenvalue weighted by molar-refractivity contribution is 0.876. The summed E-state index contributed by atoms with van der Waals surface area (Å²) in [6, 6.07) is 76.2. The van der Waals surface area contributed by atoms with Crippen LogP contribution in [0.3, 0.4) is 0 Å². The fraction of sp³-hybridized carbons (Fsp3) is 0.100. The molecular weight excluding hydrogens is 749 g/mol. The standard InChI is InChI=1S/C60H48N2/c1-39(2)55-37-57(43-25-27-48(28-26-43)61(46-19-7-5-8-20-46)49-29-23-41-15-11-13-17-44(41)35-49)53-32-31-52-56(40(3)4)38-58(54-34-33-51(55)59(53)60(52)54)62(47-21-9-6-10-22-47)50-30-24-42-16-12-14-18-45(42)36-50/h5-40H,1-4H3. The molecule has 0 fully saturated rings. The quantitative estimate of drug-likeness (QED) is 0.134. The maximum absolute atomic E-state index is 2.47. The van der Waals surface area contributed by atoms with Crippen molar-refractivity contribution in [3.05, 3.63) is 217 Å². The molecule has 2 heteroatoms. The van der Waals surface area contributed by atoms with Crippen molar-refractivity contribution < 1.29 is 0 Å². The molecule has 11 aromatic rings. The zero-order chi connectivity index (χ0) is 41.9. The van der Waals surface area contributed by atoms with Crippen LogP contribution in [0.15, 0.2) is 206 Å². The Morgan fingerprint density at radius 1 is 0.306 bits per heavy atom. The topological polar surface area (TPSA) is 6.48 Å². The molecule has 0 N–H and O–H groups in total.